The summed E-state index contributed by atoms with van der Waals surface area (Å²) in [5.41, 5.74) is 3.35. The van der Waals surface area contributed by atoms with Crippen molar-refractivity contribution in [3.63, 3.8) is 0 Å². The maximum Gasteiger partial charge on any atom is 0.420 e. The Bertz CT molecular complexity index is 917. The van der Waals surface area contributed by atoms with Crippen LogP contribution >= 0.6 is 0 Å². The fourth-order valence-corrected chi connectivity index (χ4v) is 3.73. The molecule has 0 radical (unpaired) electrons. The van der Waals surface area contributed by atoms with Crippen LogP contribution in [0, 0.1) is 12.8 Å². The summed E-state index contributed by atoms with van der Waals surface area (Å²) in [7, 11) is 0. The average molecular weight is 409 g/mol. The van der Waals surface area contributed by atoms with Crippen LogP contribution in [0.5, 0.6) is 0 Å². The van der Waals surface area contributed by atoms with E-state index in [9.17, 15) is 22.8 Å². The van der Waals surface area contributed by atoms with E-state index in [0.717, 1.165) is 32.1 Å². The lowest BCUT2D eigenvalue weighted by molar-refractivity contribution is -0.138. The van der Waals surface area contributed by atoms with E-state index < -0.39 is 29.2 Å². The minimum absolute atomic E-state index is 0.106. The lowest BCUT2D eigenvalue weighted by Crippen LogP contribution is -2.25. The number of carbonyl (C=O) groups is 2. The zero-order chi connectivity index (χ0) is 21.2. The number of anilines is 1. The SMILES string of the molecule is Cc1nn(CC2CCCCC2)c(C(=O)Nc2ccnc(C(N)=O)c2)c1C(F)(F)F. The van der Waals surface area contributed by atoms with Crippen LogP contribution < -0.4 is 11.1 Å². The molecular formula is C19H22F3N5O2. The number of hydrogen-bond acceptors (Lipinski definition) is 4. The van der Waals surface area contributed by atoms with E-state index >= 15 is 0 Å². The molecule has 0 spiro atoms. The first kappa shape index (κ1) is 20.8. The van der Waals surface area contributed by atoms with Crippen LogP contribution in [0.1, 0.15) is 64.3 Å². The molecule has 2 aromatic rings. The van der Waals surface area contributed by atoms with Gasteiger partial charge in [0.05, 0.1) is 5.69 Å². The maximum absolute atomic E-state index is 13.7. The highest BCUT2D eigenvalue weighted by atomic mass is 19.4. The minimum atomic E-state index is -4.72. The number of pyridine rings is 1. The lowest BCUT2D eigenvalue weighted by Gasteiger charge is -2.22. The number of nitrogens with two attached hydrogens (primary N) is 1. The first-order chi connectivity index (χ1) is 13.7. The molecule has 29 heavy (non-hydrogen) atoms. The zero-order valence-electron chi connectivity index (χ0n) is 15.9. The van der Waals surface area contributed by atoms with Gasteiger partial charge in [-0.15, -0.1) is 0 Å². The fourth-order valence-electron chi connectivity index (χ4n) is 3.73. The summed E-state index contributed by atoms with van der Waals surface area (Å²) in [6.45, 7) is 1.50. The maximum atomic E-state index is 13.7. The molecule has 1 aliphatic carbocycles. The first-order valence-corrected chi connectivity index (χ1v) is 9.38. The predicted octanol–water partition coefficient (Wildman–Crippen LogP) is 3.54. The normalized spacial score (nSPS) is 15.3. The number of rotatable bonds is 5. The molecule has 0 atom stereocenters. The average Bonchev–Trinajstić information content (AvgIpc) is 2.99. The summed E-state index contributed by atoms with van der Waals surface area (Å²) in [5.74, 6) is -1.58. The van der Waals surface area contributed by atoms with Crippen molar-refractivity contribution in [1.82, 2.24) is 14.8 Å². The number of halogens is 3. The predicted molar refractivity (Wildman–Crippen MR) is 99.2 cm³/mol. The van der Waals surface area contributed by atoms with Crippen molar-refractivity contribution in [2.45, 2.75) is 51.7 Å². The number of carbonyl (C=O) groups excluding carboxylic acids is 2. The second-order valence-corrected chi connectivity index (χ2v) is 7.24. The molecule has 2 aromatic heterocycles. The number of aryl methyl sites for hydroxylation is 1. The third-order valence-electron chi connectivity index (χ3n) is 5.05. The van der Waals surface area contributed by atoms with Crippen molar-refractivity contribution in [3.05, 3.63) is 41.0 Å². The monoisotopic (exact) mass is 409 g/mol. The van der Waals surface area contributed by atoms with Gasteiger partial charge in [-0.2, -0.15) is 18.3 Å². The molecule has 10 heteroatoms. The number of aromatic nitrogens is 3. The van der Waals surface area contributed by atoms with E-state index in [0.29, 0.717) is 0 Å². The summed E-state index contributed by atoms with van der Waals surface area (Å²) in [6.07, 6.45) is 1.46. The topological polar surface area (TPSA) is 103 Å². The van der Waals surface area contributed by atoms with Crippen LogP contribution in [0.3, 0.4) is 0 Å². The molecule has 2 amide bonds. The van der Waals surface area contributed by atoms with Crippen molar-refractivity contribution in [1.29, 1.82) is 0 Å². The van der Waals surface area contributed by atoms with Gasteiger partial charge >= 0.3 is 6.18 Å². The number of hydrogen-bond donors (Lipinski definition) is 2. The fraction of sp³-hybridized carbons (Fsp3) is 0.474. The molecular weight excluding hydrogens is 387 g/mol. The quantitative estimate of drug-likeness (QED) is 0.788. The van der Waals surface area contributed by atoms with Crippen molar-refractivity contribution < 1.29 is 22.8 Å². The van der Waals surface area contributed by atoms with Gasteiger partial charge in [0.15, 0.2) is 0 Å². The highest BCUT2D eigenvalue weighted by Gasteiger charge is 2.41. The minimum Gasteiger partial charge on any atom is -0.364 e. The van der Waals surface area contributed by atoms with Gasteiger partial charge in [0.1, 0.15) is 17.0 Å². The van der Waals surface area contributed by atoms with Crippen LogP contribution in [-0.4, -0.2) is 26.6 Å². The third-order valence-corrected chi connectivity index (χ3v) is 5.05. The Morgan fingerprint density at radius 2 is 1.97 bits per heavy atom. The molecule has 0 aromatic carbocycles. The summed E-state index contributed by atoms with van der Waals surface area (Å²) in [4.78, 5) is 27.8. The van der Waals surface area contributed by atoms with Crippen molar-refractivity contribution in [2.24, 2.45) is 11.7 Å². The van der Waals surface area contributed by atoms with Crippen molar-refractivity contribution in [2.75, 3.05) is 5.32 Å². The standard InChI is InChI=1S/C19H22F3N5O2/c1-11-15(19(20,21)22)16(27(26-11)10-12-5-3-2-4-6-12)18(29)25-13-7-8-24-14(9-13)17(23)28/h7-9,12H,2-6,10H2,1H3,(H2,23,28)(H,24,25,29). The van der Waals surface area contributed by atoms with Crippen molar-refractivity contribution >= 4 is 17.5 Å². The van der Waals surface area contributed by atoms with Gasteiger partial charge in [0.25, 0.3) is 11.8 Å². The van der Waals surface area contributed by atoms with E-state index in [1.54, 1.807) is 0 Å². The Balaban J connectivity index is 1.95. The van der Waals surface area contributed by atoms with Crippen LogP contribution in [0.4, 0.5) is 18.9 Å². The van der Waals surface area contributed by atoms with Crippen molar-refractivity contribution in [3.8, 4) is 0 Å². The number of primary amides is 1. The van der Waals surface area contributed by atoms with Gasteiger partial charge < -0.3 is 11.1 Å². The van der Waals surface area contributed by atoms with E-state index in [4.69, 9.17) is 5.73 Å². The zero-order valence-corrected chi connectivity index (χ0v) is 15.9. The number of alkyl halides is 3. The van der Waals surface area contributed by atoms with E-state index in [-0.39, 0.29) is 29.5 Å². The third kappa shape index (κ3) is 4.75. The first-order valence-electron chi connectivity index (χ1n) is 9.38. The Morgan fingerprint density at radius 1 is 1.28 bits per heavy atom. The number of nitrogens with one attached hydrogen (secondary N) is 1. The van der Waals surface area contributed by atoms with Crippen LogP contribution in [-0.2, 0) is 12.7 Å². The van der Waals surface area contributed by atoms with Crippen LogP contribution in [0.15, 0.2) is 18.3 Å². The molecule has 156 valence electrons. The molecule has 1 saturated carbocycles. The Labute approximate surface area is 165 Å². The van der Waals surface area contributed by atoms with Gasteiger partial charge in [-0.1, -0.05) is 19.3 Å². The molecule has 0 saturated heterocycles. The van der Waals surface area contributed by atoms with Gasteiger partial charge in [-0.05, 0) is 37.8 Å². The molecule has 0 unspecified atom stereocenters. The summed E-state index contributed by atoms with van der Waals surface area (Å²) in [5, 5.41) is 6.44. The second-order valence-electron chi connectivity index (χ2n) is 7.24. The van der Waals surface area contributed by atoms with Gasteiger partial charge in [-0.25, -0.2) is 0 Å². The van der Waals surface area contributed by atoms with Crippen LogP contribution in [0.2, 0.25) is 0 Å². The summed E-state index contributed by atoms with van der Waals surface area (Å²) < 4.78 is 42.2. The molecule has 1 fully saturated rings. The largest absolute Gasteiger partial charge is 0.420 e. The van der Waals surface area contributed by atoms with Gasteiger partial charge in [0, 0.05) is 18.4 Å². The Morgan fingerprint density at radius 3 is 2.59 bits per heavy atom. The lowest BCUT2D eigenvalue weighted by atomic mass is 9.89. The van der Waals surface area contributed by atoms with Crippen LogP contribution in [0.25, 0.3) is 0 Å². The second kappa shape index (κ2) is 8.22. The summed E-state index contributed by atoms with van der Waals surface area (Å²) in [6, 6.07) is 2.58. The Kier molecular flexibility index (Phi) is 5.90. The van der Waals surface area contributed by atoms with E-state index in [1.807, 2.05) is 0 Å². The van der Waals surface area contributed by atoms with Gasteiger partial charge in [-0.3, -0.25) is 19.3 Å². The highest BCUT2D eigenvalue weighted by molar-refractivity contribution is 6.05. The Hall–Kier alpha value is -2.91. The highest BCUT2D eigenvalue weighted by Crippen LogP contribution is 2.36. The molecule has 7 nitrogen and oxygen atoms in total. The number of amides is 2. The molecule has 1 aliphatic rings. The molecule has 0 aliphatic heterocycles. The van der Waals surface area contributed by atoms with E-state index in [1.165, 1.54) is 29.9 Å². The molecule has 3 rings (SSSR count). The molecule has 3 N–H and O–H groups in total. The molecule has 0 bridgehead atoms. The molecule has 2 heterocycles. The van der Waals surface area contributed by atoms with Gasteiger partial charge in [0.2, 0.25) is 0 Å². The summed E-state index contributed by atoms with van der Waals surface area (Å²) >= 11 is 0. The number of nitrogens with zero attached hydrogens (tertiary/aromatic N) is 3. The smallest absolute Gasteiger partial charge is 0.364 e. The van der Waals surface area contributed by atoms with E-state index in [2.05, 4.69) is 15.4 Å².